The third kappa shape index (κ3) is 3.18. The van der Waals surface area contributed by atoms with Gasteiger partial charge in [-0.25, -0.2) is 0 Å². The van der Waals surface area contributed by atoms with Gasteiger partial charge in [0, 0.05) is 24.2 Å². The van der Waals surface area contributed by atoms with Gasteiger partial charge in [0.25, 0.3) is 0 Å². The Bertz CT molecular complexity index is 676. The van der Waals surface area contributed by atoms with Crippen LogP contribution in [-0.2, 0) is 9.59 Å². The van der Waals surface area contributed by atoms with Crippen LogP contribution in [0.5, 0.6) is 0 Å². The van der Waals surface area contributed by atoms with Gasteiger partial charge in [-0.15, -0.1) is 0 Å². The highest BCUT2D eigenvalue weighted by atomic mass is 16.4. The SMILES string of the molecule is C[C@@H](CCC(=O)O)[C@H]1CC[C@H]2[C@@H]3C(=O)C[C@H]4C[C@H](O)CC[C@]4(C)[C@H]3C[C@H](O)[C@]12C. The minimum Gasteiger partial charge on any atom is -0.481 e. The normalized spacial score (nSPS) is 50.4. The molecule has 4 saturated carbocycles. The van der Waals surface area contributed by atoms with E-state index in [4.69, 9.17) is 5.11 Å². The summed E-state index contributed by atoms with van der Waals surface area (Å²) in [5, 5.41) is 30.7. The number of aliphatic carboxylic acids is 1. The Labute approximate surface area is 174 Å². The third-order valence-corrected chi connectivity index (χ3v) is 10.1. The van der Waals surface area contributed by atoms with E-state index in [-0.39, 0.29) is 58.9 Å². The molecule has 0 aliphatic heterocycles. The fraction of sp³-hybridized carbons (Fsp3) is 0.917. The fourth-order valence-electron chi connectivity index (χ4n) is 8.40. The number of hydrogen-bond donors (Lipinski definition) is 3. The molecule has 0 aromatic heterocycles. The van der Waals surface area contributed by atoms with Crippen LogP contribution in [0.25, 0.3) is 0 Å². The summed E-state index contributed by atoms with van der Waals surface area (Å²) in [4.78, 5) is 24.4. The predicted octanol–water partition coefficient (Wildman–Crippen LogP) is 3.66. The zero-order chi connectivity index (χ0) is 21.1. The maximum atomic E-state index is 13.4. The number of carboxylic acid groups (broad SMARTS) is 1. The molecule has 0 spiro atoms. The lowest BCUT2D eigenvalue weighted by atomic mass is 9.43. The van der Waals surface area contributed by atoms with E-state index in [0.717, 1.165) is 32.1 Å². The molecule has 0 radical (unpaired) electrons. The van der Waals surface area contributed by atoms with Crippen LogP contribution in [0.1, 0.15) is 78.6 Å². The summed E-state index contributed by atoms with van der Waals surface area (Å²) in [6.45, 7) is 6.62. The van der Waals surface area contributed by atoms with Crippen LogP contribution in [0.2, 0.25) is 0 Å². The number of ketones is 1. The predicted molar refractivity (Wildman–Crippen MR) is 109 cm³/mol. The highest BCUT2D eigenvalue weighted by molar-refractivity contribution is 5.83. The molecule has 4 rings (SSSR count). The molecular formula is C24H38O5. The van der Waals surface area contributed by atoms with Gasteiger partial charge in [0.2, 0.25) is 0 Å². The van der Waals surface area contributed by atoms with Crippen molar-refractivity contribution in [2.45, 2.75) is 90.8 Å². The van der Waals surface area contributed by atoms with Gasteiger partial charge in [0.15, 0.2) is 0 Å². The average Bonchev–Trinajstić information content (AvgIpc) is 3.01. The van der Waals surface area contributed by atoms with Gasteiger partial charge in [0.05, 0.1) is 12.2 Å². The van der Waals surface area contributed by atoms with Crippen molar-refractivity contribution in [1.29, 1.82) is 0 Å². The first kappa shape index (κ1) is 21.3. The number of aliphatic hydroxyl groups excluding tert-OH is 2. The van der Waals surface area contributed by atoms with Crippen molar-refractivity contribution in [2.24, 2.45) is 46.3 Å². The highest BCUT2D eigenvalue weighted by Gasteiger charge is 2.65. The first-order valence-corrected chi connectivity index (χ1v) is 11.7. The zero-order valence-electron chi connectivity index (χ0n) is 18.1. The van der Waals surface area contributed by atoms with E-state index < -0.39 is 12.1 Å². The van der Waals surface area contributed by atoms with Gasteiger partial charge in [-0.1, -0.05) is 20.8 Å². The van der Waals surface area contributed by atoms with Gasteiger partial charge < -0.3 is 15.3 Å². The number of carbonyl (C=O) groups is 2. The number of fused-ring (bicyclic) bond motifs is 5. The van der Waals surface area contributed by atoms with Gasteiger partial charge in [-0.2, -0.15) is 0 Å². The molecular weight excluding hydrogens is 368 g/mol. The molecule has 0 unspecified atom stereocenters. The average molecular weight is 407 g/mol. The fourth-order valence-corrected chi connectivity index (χ4v) is 8.40. The number of carbonyl (C=O) groups excluding carboxylic acids is 1. The standard InChI is InChI=1S/C24H38O5/c1-13(4-7-21(28)29)16-5-6-17-22-18(12-20(27)24(16,17)3)23(2)9-8-15(25)10-14(23)11-19(22)26/h13-18,20,22,25,27H,4-12H2,1-3H3,(H,28,29)/t13-,14+,15+,16+,17-,18-,20-,22-,23-,24+/m0/s1. The summed E-state index contributed by atoms with van der Waals surface area (Å²) in [5.74, 6) is 0.775. The highest BCUT2D eigenvalue weighted by Crippen LogP contribution is 2.67. The molecule has 0 aromatic carbocycles. The Morgan fingerprint density at radius 1 is 1.14 bits per heavy atom. The Balaban J connectivity index is 1.62. The summed E-state index contributed by atoms with van der Waals surface area (Å²) in [5.41, 5.74) is -0.265. The van der Waals surface area contributed by atoms with Crippen molar-refractivity contribution in [3.05, 3.63) is 0 Å². The zero-order valence-corrected chi connectivity index (χ0v) is 18.1. The van der Waals surface area contributed by atoms with Gasteiger partial charge in [-0.05, 0) is 80.0 Å². The van der Waals surface area contributed by atoms with Crippen molar-refractivity contribution in [2.75, 3.05) is 0 Å². The van der Waals surface area contributed by atoms with Crippen molar-refractivity contribution in [3.63, 3.8) is 0 Å². The Kier molecular flexibility index (Phi) is 5.39. The third-order valence-electron chi connectivity index (χ3n) is 10.1. The second kappa shape index (κ2) is 7.33. The van der Waals surface area contributed by atoms with Crippen molar-refractivity contribution in [3.8, 4) is 0 Å². The molecule has 4 aliphatic rings. The number of rotatable bonds is 4. The van der Waals surface area contributed by atoms with Gasteiger partial charge in [0.1, 0.15) is 5.78 Å². The van der Waals surface area contributed by atoms with E-state index in [1.165, 1.54) is 0 Å². The van der Waals surface area contributed by atoms with Crippen molar-refractivity contribution < 1.29 is 24.9 Å². The summed E-state index contributed by atoms with van der Waals surface area (Å²) in [6.07, 6.45) is 5.74. The molecule has 0 amide bonds. The van der Waals surface area contributed by atoms with Gasteiger partial charge in [-0.3, -0.25) is 9.59 Å². The largest absolute Gasteiger partial charge is 0.481 e. The topological polar surface area (TPSA) is 94.8 Å². The van der Waals surface area contributed by atoms with Crippen LogP contribution in [0.3, 0.4) is 0 Å². The summed E-state index contributed by atoms with van der Waals surface area (Å²) < 4.78 is 0. The van der Waals surface area contributed by atoms with Gasteiger partial charge >= 0.3 is 5.97 Å². The molecule has 4 fully saturated rings. The molecule has 29 heavy (non-hydrogen) atoms. The quantitative estimate of drug-likeness (QED) is 0.662. The van der Waals surface area contributed by atoms with Crippen LogP contribution >= 0.6 is 0 Å². The smallest absolute Gasteiger partial charge is 0.303 e. The second-order valence-corrected chi connectivity index (χ2v) is 11.3. The first-order valence-electron chi connectivity index (χ1n) is 11.7. The molecule has 0 saturated heterocycles. The van der Waals surface area contributed by atoms with Crippen LogP contribution in [0.4, 0.5) is 0 Å². The van der Waals surface area contributed by atoms with Crippen LogP contribution in [0, 0.1) is 46.3 Å². The monoisotopic (exact) mass is 406 g/mol. The lowest BCUT2D eigenvalue weighted by Crippen LogP contribution is -2.61. The molecule has 0 heterocycles. The summed E-state index contributed by atoms with van der Waals surface area (Å²) in [6, 6.07) is 0. The van der Waals surface area contributed by atoms with E-state index in [1.54, 1.807) is 0 Å². The number of aliphatic hydroxyl groups is 2. The van der Waals surface area contributed by atoms with Crippen LogP contribution in [-0.4, -0.2) is 39.3 Å². The Morgan fingerprint density at radius 3 is 2.55 bits per heavy atom. The summed E-state index contributed by atoms with van der Waals surface area (Å²) >= 11 is 0. The van der Waals surface area contributed by atoms with E-state index in [0.29, 0.717) is 25.0 Å². The number of carboxylic acids is 1. The van der Waals surface area contributed by atoms with E-state index in [9.17, 15) is 19.8 Å². The Hall–Kier alpha value is -0.940. The minimum atomic E-state index is -0.762. The number of Topliss-reactive ketones (excluding diaryl/α,β-unsaturated/α-hetero) is 1. The Morgan fingerprint density at radius 2 is 1.86 bits per heavy atom. The molecule has 3 N–H and O–H groups in total. The van der Waals surface area contributed by atoms with E-state index in [1.807, 2.05) is 0 Å². The number of hydrogen-bond acceptors (Lipinski definition) is 4. The van der Waals surface area contributed by atoms with Crippen molar-refractivity contribution in [1.82, 2.24) is 0 Å². The minimum absolute atomic E-state index is 0.0246. The first-order chi connectivity index (χ1) is 13.6. The maximum absolute atomic E-state index is 13.4. The van der Waals surface area contributed by atoms with E-state index >= 15 is 0 Å². The molecule has 4 aliphatic carbocycles. The second-order valence-electron chi connectivity index (χ2n) is 11.3. The molecule has 5 heteroatoms. The lowest BCUT2D eigenvalue weighted by molar-refractivity contribution is -0.182. The maximum Gasteiger partial charge on any atom is 0.303 e. The molecule has 164 valence electrons. The van der Waals surface area contributed by atoms with E-state index in [2.05, 4.69) is 20.8 Å². The molecule has 10 atom stereocenters. The summed E-state index contributed by atoms with van der Waals surface area (Å²) in [7, 11) is 0. The molecule has 0 aromatic rings. The van der Waals surface area contributed by atoms with Crippen LogP contribution < -0.4 is 0 Å². The molecule has 5 nitrogen and oxygen atoms in total. The van der Waals surface area contributed by atoms with Crippen molar-refractivity contribution >= 4 is 11.8 Å². The molecule has 0 bridgehead atoms. The lowest BCUT2D eigenvalue weighted by Gasteiger charge is -2.61. The van der Waals surface area contributed by atoms with Crippen LogP contribution in [0.15, 0.2) is 0 Å².